The monoisotopic (exact) mass is 334 g/mol. The fourth-order valence-electron chi connectivity index (χ4n) is 1.65. The third kappa shape index (κ3) is 2.72. The molecule has 0 saturated carbocycles. The summed E-state index contributed by atoms with van der Waals surface area (Å²) in [5.74, 6) is 0. The highest BCUT2D eigenvalue weighted by molar-refractivity contribution is 6.52. The smallest absolute Gasteiger partial charge is 0.169 e. The van der Waals surface area contributed by atoms with Crippen molar-refractivity contribution >= 4 is 57.8 Å². The summed E-state index contributed by atoms with van der Waals surface area (Å²) in [7, 11) is 0. The van der Waals surface area contributed by atoms with Crippen LogP contribution in [0.1, 0.15) is 11.1 Å². The van der Waals surface area contributed by atoms with E-state index >= 15 is 0 Å². The number of nitrogens with two attached hydrogens (primary N) is 2. The Balaban J connectivity index is 2.56. The zero-order valence-corrected chi connectivity index (χ0v) is 12.7. The quantitative estimate of drug-likeness (QED) is 0.609. The first kappa shape index (κ1) is 14.6. The van der Waals surface area contributed by atoms with E-state index in [0.717, 1.165) is 0 Å². The van der Waals surface area contributed by atoms with Crippen LogP contribution < -0.4 is 11.5 Å². The minimum Gasteiger partial charge on any atom is -0.399 e. The fourth-order valence-corrected chi connectivity index (χ4v) is 2.80. The maximum absolute atomic E-state index is 6.41. The molecule has 0 spiro atoms. The molecule has 0 aliphatic carbocycles. The summed E-state index contributed by atoms with van der Waals surface area (Å²) in [6, 6.07) is 10.1. The number of halogens is 4. The molecule has 0 saturated heterocycles. The van der Waals surface area contributed by atoms with Gasteiger partial charge in [0.1, 0.15) is 0 Å². The van der Waals surface area contributed by atoms with Crippen LogP contribution in [0.2, 0.25) is 10.0 Å². The van der Waals surface area contributed by atoms with Gasteiger partial charge >= 0.3 is 0 Å². The summed E-state index contributed by atoms with van der Waals surface area (Å²) in [4.78, 5) is 0. The van der Waals surface area contributed by atoms with E-state index in [9.17, 15) is 0 Å². The largest absolute Gasteiger partial charge is 0.399 e. The molecule has 0 unspecified atom stereocenters. The van der Waals surface area contributed by atoms with Gasteiger partial charge in [-0.05, 0) is 23.8 Å². The van der Waals surface area contributed by atoms with Crippen molar-refractivity contribution in [2.24, 2.45) is 0 Å². The van der Waals surface area contributed by atoms with E-state index in [4.69, 9.17) is 57.9 Å². The minimum absolute atomic E-state index is 0.236. The molecule has 6 heteroatoms. The molecule has 0 amide bonds. The van der Waals surface area contributed by atoms with Gasteiger partial charge in [-0.15, -0.1) is 0 Å². The van der Waals surface area contributed by atoms with Crippen molar-refractivity contribution in [2.45, 2.75) is 4.33 Å². The van der Waals surface area contributed by atoms with Gasteiger partial charge in [0.05, 0.1) is 15.7 Å². The topological polar surface area (TPSA) is 52.0 Å². The number of benzene rings is 2. The van der Waals surface area contributed by atoms with E-state index in [0.29, 0.717) is 22.5 Å². The molecule has 2 rings (SSSR count). The SMILES string of the molecule is Nc1ccc(C(Cl)(Cl)c2ccc(N)c(Cl)c2Cl)cc1. The van der Waals surface area contributed by atoms with Crippen LogP contribution in [0, 0.1) is 0 Å². The summed E-state index contributed by atoms with van der Waals surface area (Å²) in [5.41, 5.74) is 13.4. The van der Waals surface area contributed by atoms with Crippen LogP contribution in [0.3, 0.4) is 0 Å². The molecule has 4 N–H and O–H groups in total. The predicted molar refractivity (Wildman–Crippen MR) is 84.2 cm³/mol. The summed E-state index contributed by atoms with van der Waals surface area (Å²) in [5, 5.41) is 0.476. The van der Waals surface area contributed by atoms with E-state index in [2.05, 4.69) is 0 Å². The van der Waals surface area contributed by atoms with E-state index in [-0.39, 0.29) is 10.0 Å². The molecule has 2 nitrogen and oxygen atoms in total. The Labute approximate surface area is 131 Å². The number of alkyl halides is 2. The second kappa shape index (κ2) is 5.29. The zero-order valence-electron chi connectivity index (χ0n) is 9.63. The van der Waals surface area contributed by atoms with E-state index in [1.54, 1.807) is 36.4 Å². The van der Waals surface area contributed by atoms with Crippen LogP contribution in [0.5, 0.6) is 0 Å². The minimum atomic E-state index is -1.33. The zero-order chi connectivity index (χ0) is 14.2. The lowest BCUT2D eigenvalue weighted by molar-refractivity contribution is 1.04. The number of anilines is 2. The van der Waals surface area contributed by atoms with Crippen molar-refractivity contribution in [3.8, 4) is 0 Å². The summed E-state index contributed by atoms with van der Waals surface area (Å²) >= 11 is 25.0. The molecular weight excluding hydrogens is 326 g/mol. The van der Waals surface area contributed by atoms with E-state index in [1.807, 2.05) is 0 Å². The normalized spacial score (nSPS) is 11.6. The standard InChI is InChI=1S/C13H10Cl4N2/c14-11-9(5-6-10(19)12(11)15)13(16,17)7-1-3-8(18)4-2-7/h1-6H,18-19H2. The van der Waals surface area contributed by atoms with E-state index < -0.39 is 4.33 Å². The molecule has 100 valence electrons. The van der Waals surface area contributed by atoms with Crippen LogP contribution in [-0.2, 0) is 4.33 Å². The first-order valence-corrected chi connectivity index (χ1v) is 6.83. The number of rotatable bonds is 2. The van der Waals surface area contributed by atoms with Crippen LogP contribution in [0.4, 0.5) is 11.4 Å². The Kier molecular flexibility index (Phi) is 4.07. The number of hydrogen-bond donors (Lipinski definition) is 2. The van der Waals surface area contributed by atoms with Crippen molar-refractivity contribution in [3.05, 3.63) is 57.6 Å². The van der Waals surface area contributed by atoms with Gasteiger partial charge in [-0.3, -0.25) is 0 Å². The van der Waals surface area contributed by atoms with Crippen LogP contribution in [0.15, 0.2) is 36.4 Å². The maximum atomic E-state index is 6.41. The Hall–Kier alpha value is -0.800. The lowest BCUT2D eigenvalue weighted by atomic mass is 10.0. The molecule has 0 fully saturated rings. The first-order valence-electron chi connectivity index (χ1n) is 5.32. The average Bonchev–Trinajstić information content (AvgIpc) is 2.36. The molecular formula is C13H10Cl4N2. The Morgan fingerprint density at radius 1 is 0.789 bits per heavy atom. The highest BCUT2D eigenvalue weighted by Crippen LogP contribution is 2.46. The van der Waals surface area contributed by atoms with E-state index in [1.165, 1.54) is 0 Å². The molecule has 0 atom stereocenters. The molecule has 0 aromatic heterocycles. The van der Waals surface area contributed by atoms with Gasteiger partial charge in [0.15, 0.2) is 4.33 Å². The molecule has 0 radical (unpaired) electrons. The fraction of sp³-hybridized carbons (Fsp3) is 0.0769. The lowest BCUT2D eigenvalue weighted by Gasteiger charge is -2.23. The second-order valence-corrected chi connectivity index (χ2v) is 6.11. The predicted octanol–water partition coefficient (Wildman–Crippen LogP) is 4.84. The van der Waals surface area contributed by atoms with Crippen LogP contribution in [0.25, 0.3) is 0 Å². The van der Waals surface area contributed by atoms with Crippen LogP contribution >= 0.6 is 46.4 Å². The molecule has 0 aliphatic heterocycles. The van der Waals surface area contributed by atoms with Crippen molar-refractivity contribution in [1.29, 1.82) is 0 Å². The molecule has 2 aromatic carbocycles. The van der Waals surface area contributed by atoms with Crippen molar-refractivity contribution in [1.82, 2.24) is 0 Å². The highest BCUT2D eigenvalue weighted by atomic mass is 35.5. The van der Waals surface area contributed by atoms with Gasteiger partial charge < -0.3 is 11.5 Å². The van der Waals surface area contributed by atoms with Crippen molar-refractivity contribution in [3.63, 3.8) is 0 Å². The van der Waals surface area contributed by atoms with Gasteiger partial charge in [-0.2, -0.15) is 0 Å². The Morgan fingerprint density at radius 3 is 1.95 bits per heavy atom. The number of hydrogen-bond acceptors (Lipinski definition) is 2. The van der Waals surface area contributed by atoms with Crippen LogP contribution in [-0.4, -0.2) is 0 Å². The molecule has 0 heterocycles. The third-order valence-electron chi connectivity index (χ3n) is 2.72. The Bertz CT molecular complexity index is 609. The Morgan fingerprint density at radius 2 is 1.37 bits per heavy atom. The lowest BCUT2D eigenvalue weighted by Crippen LogP contribution is -2.13. The average molecular weight is 336 g/mol. The molecule has 2 aromatic rings. The maximum Gasteiger partial charge on any atom is 0.169 e. The summed E-state index contributed by atoms with van der Waals surface area (Å²) in [6.45, 7) is 0. The summed E-state index contributed by atoms with van der Waals surface area (Å²) in [6.07, 6.45) is 0. The van der Waals surface area contributed by atoms with Crippen molar-refractivity contribution in [2.75, 3.05) is 11.5 Å². The van der Waals surface area contributed by atoms with Crippen molar-refractivity contribution < 1.29 is 0 Å². The number of nitrogen functional groups attached to an aromatic ring is 2. The molecule has 0 bridgehead atoms. The first-order chi connectivity index (χ1) is 8.84. The second-order valence-electron chi connectivity index (χ2n) is 4.03. The summed E-state index contributed by atoms with van der Waals surface area (Å²) < 4.78 is -1.33. The molecule has 0 aliphatic rings. The van der Waals surface area contributed by atoms with Gasteiger partial charge in [-0.1, -0.05) is 64.6 Å². The van der Waals surface area contributed by atoms with Gasteiger partial charge in [0.25, 0.3) is 0 Å². The van der Waals surface area contributed by atoms with Gasteiger partial charge in [0.2, 0.25) is 0 Å². The highest BCUT2D eigenvalue weighted by Gasteiger charge is 2.32. The van der Waals surface area contributed by atoms with Gasteiger partial charge in [-0.25, -0.2) is 0 Å². The molecule has 19 heavy (non-hydrogen) atoms. The van der Waals surface area contributed by atoms with Gasteiger partial charge in [0, 0.05) is 11.3 Å². The third-order valence-corrected chi connectivity index (χ3v) is 4.46.